The zero-order valence-corrected chi connectivity index (χ0v) is 19.5. The molecule has 34 heavy (non-hydrogen) atoms. The van der Waals surface area contributed by atoms with Gasteiger partial charge in [-0.05, 0) is 48.7 Å². The molecule has 0 unspecified atom stereocenters. The molecule has 0 spiro atoms. The highest BCUT2D eigenvalue weighted by atomic mass is 16.1. The van der Waals surface area contributed by atoms with Crippen LogP contribution in [0.4, 0.5) is 5.69 Å². The van der Waals surface area contributed by atoms with Crippen molar-refractivity contribution in [1.29, 1.82) is 0 Å². The minimum atomic E-state index is 0.0502. The van der Waals surface area contributed by atoms with Gasteiger partial charge in [0, 0.05) is 28.7 Å². The standard InChI is InChI=1S/C30H27N3O/c1-21(24-15-17-25(18-16-24)23(3)34)33-29-14-9-13-28(26-10-5-4-6-11-26)30(29)22(2)32-20-27-12-7-8-19-31-27/h4-19,32H,2,20H2,1,3H3. The van der Waals surface area contributed by atoms with Gasteiger partial charge in [0.15, 0.2) is 5.78 Å². The highest BCUT2D eigenvalue weighted by Gasteiger charge is 2.14. The van der Waals surface area contributed by atoms with Gasteiger partial charge < -0.3 is 5.32 Å². The van der Waals surface area contributed by atoms with Gasteiger partial charge in [-0.15, -0.1) is 0 Å². The zero-order valence-electron chi connectivity index (χ0n) is 19.5. The predicted octanol–water partition coefficient (Wildman–Crippen LogP) is 6.85. The third kappa shape index (κ3) is 5.36. The number of aromatic nitrogens is 1. The number of Topliss-reactive ketones (excluding diaryl/α,β-unsaturated/α-hetero) is 1. The maximum absolute atomic E-state index is 11.6. The Labute approximate surface area is 200 Å². The Kier molecular flexibility index (Phi) is 7.09. The number of rotatable bonds is 8. The van der Waals surface area contributed by atoms with Gasteiger partial charge in [-0.3, -0.25) is 14.8 Å². The first-order valence-electron chi connectivity index (χ1n) is 11.2. The third-order valence-electron chi connectivity index (χ3n) is 5.64. The Balaban J connectivity index is 1.73. The van der Waals surface area contributed by atoms with E-state index >= 15 is 0 Å². The van der Waals surface area contributed by atoms with Crippen molar-refractivity contribution in [3.8, 4) is 11.1 Å². The van der Waals surface area contributed by atoms with Gasteiger partial charge in [0.05, 0.1) is 17.9 Å². The van der Waals surface area contributed by atoms with E-state index in [2.05, 4.69) is 35.1 Å². The lowest BCUT2D eigenvalue weighted by molar-refractivity contribution is 0.101. The van der Waals surface area contributed by atoms with Gasteiger partial charge in [0.1, 0.15) is 0 Å². The van der Waals surface area contributed by atoms with E-state index in [1.54, 1.807) is 13.1 Å². The van der Waals surface area contributed by atoms with E-state index in [0.717, 1.165) is 45.0 Å². The van der Waals surface area contributed by atoms with Crippen molar-refractivity contribution >= 4 is 22.9 Å². The van der Waals surface area contributed by atoms with Gasteiger partial charge in [-0.1, -0.05) is 79.4 Å². The molecule has 1 heterocycles. The Morgan fingerprint density at radius 2 is 1.56 bits per heavy atom. The van der Waals surface area contributed by atoms with Gasteiger partial charge in [-0.25, -0.2) is 0 Å². The minimum Gasteiger partial charge on any atom is -0.379 e. The van der Waals surface area contributed by atoms with Crippen LogP contribution in [-0.4, -0.2) is 16.5 Å². The first-order chi connectivity index (χ1) is 16.5. The Bertz CT molecular complexity index is 1320. The summed E-state index contributed by atoms with van der Waals surface area (Å²) >= 11 is 0. The molecule has 4 nitrogen and oxygen atoms in total. The van der Waals surface area contributed by atoms with Gasteiger partial charge in [0.2, 0.25) is 0 Å². The quantitative estimate of drug-likeness (QED) is 0.238. The van der Waals surface area contributed by atoms with E-state index in [4.69, 9.17) is 4.99 Å². The lowest BCUT2D eigenvalue weighted by Gasteiger charge is -2.17. The molecule has 0 saturated heterocycles. The number of hydrogen-bond acceptors (Lipinski definition) is 4. The lowest BCUT2D eigenvalue weighted by Crippen LogP contribution is -2.13. The van der Waals surface area contributed by atoms with Crippen LogP contribution in [0, 0.1) is 0 Å². The smallest absolute Gasteiger partial charge is 0.159 e. The number of aliphatic imine (C=N–C) groups is 1. The SMILES string of the molecule is C=C(NCc1ccccn1)c1c(N=C(C)c2ccc(C(C)=O)cc2)cccc1-c1ccccc1. The van der Waals surface area contributed by atoms with Crippen molar-refractivity contribution in [3.63, 3.8) is 0 Å². The van der Waals surface area contributed by atoms with Gasteiger partial charge in [0.25, 0.3) is 0 Å². The average Bonchev–Trinajstić information content (AvgIpc) is 2.88. The van der Waals surface area contributed by atoms with Crippen LogP contribution in [0.1, 0.15) is 41.0 Å². The first-order valence-corrected chi connectivity index (χ1v) is 11.2. The van der Waals surface area contributed by atoms with Crippen molar-refractivity contribution in [3.05, 3.63) is 126 Å². The molecule has 4 rings (SSSR count). The molecule has 0 aliphatic carbocycles. The predicted molar refractivity (Wildman–Crippen MR) is 140 cm³/mol. The molecular weight excluding hydrogens is 418 g/mol. The molecule has 3 aromatic carbocycles. The molecule has 0 atom stereocenters. The molecule has 0 saturated carbocycles. The number of carbonyl (C=O) groups excluding carboxylic acids is 1. The number of nitrogens with zero attached hydrogens (tertiary/aromatic N) is 2. The lowest BCUT2D eigenvalue weighted by atomic mass is 9.96. The van der Waals surface area contributed by atoms with E-state index in [9.17, 15) is 4.79 Å². The molecule has 0 fully saturated rings. The molecular formula is C30H27N3O. The summed E-state index contributed by atoms with van der Waals surface area (Å²) in [6, 6.07) is 29.8. The van der Waals surface area contributed by atoms with Crippen LogP contribution in [0.5, 0.6) is 0 Å². The van der Waals surface area contributed by atoms with Crippen LogP contribution in [0.25, 0.3) is 16.8 Å². The molecule has 0 amide bonds. The first kappa shape index (κ1) is 22.9. The molecule has 0 aliphatic rings. The minimum absolute atomic E-state index is 0.0502. The van der Waals surface area contributed by atoms with E-state index in [-0.39, 0.29) is 5.78 Å². The summed E-state index contributed by atoms with van der Waals surface area (Å²) in [4.78, 5) is 21.0. The summed E-state index contributed by atoms with van der Waals surface area (Å²) in [5.74, 6) is 0.0502. The molecule has 4 aromatic rings. The number of carbonyl (C=O) groups is 1. The van der Waals surface area contributed by atoms with Crippen LogP contribution < -0.4 is 5.32 Å². The molecule has 1 aromatic heterocycles. The molecule has 4 heteroatoms. The number of hydrogen-bond donors (Lipinski definition) is 1. The van der Waals surface area contributed by atoms with Crippen LogP contribution in [0.2, 0.25) is 0 Å². The zero-order chi connectivity index (χ0) is 23.9. The highest BCUT2D eigenvalue weighted by molar-refractivity contribution is 6.02. The van der Waals surface area contributed by atoms with Crippen molar-refractivity contribution in [2.75, 3.05) is 0 Å². The number of pyridine rings is 1. The van der Waals surface area contributed by atoms with Gasteiger partial charge in [-0.2, -0.15) is 0 Å². The second-order valence-electron chi connectivity index (χ2n) is 8.05. The fourth-order valence-electron chi connectivity index (χ4n) is 3.79. The van der Waals surface area contributed by atoms with E-state index < -0.39 is 0 Å². The summed E-state index contributed by atoms with van der Waals surface area (Å²) < 4.78 is 0. The fraction of sp³-hybridized carbons (Fsp3) is 0.100. The van der Waals surface area contributed by atoms with E-state index in [1.807, 2.05) is 79.7 Å². The van der Waals surface area contributed by atoms with Crippen molar-refractivity contribution < 1.29 is 4.79 Å². The van der Waals surface area contributed by atoms with Crippen molar-refractivity contribution in [2.45, 2.75) is 20.4 Å². The van der Waals surface area contributed by atoms with E-state index in [0.29, 0.717) is 12.1 Å². The Morgan fingerprint density at radius 3 is 2.24 bits per heavy atom. The van der Waals surface area contributed by atoms with Crippen molar-refractivity contribution in [1.82, 2.24) is 10.3 Å². The second kappa shape index (κ2) is 10.5. The maximum atomic E-state index is 11.6. The Morgan fingerprint density at radius 1 is 0.853 bits per heavy atom. The fourth-order valence-corrected chi connectivity index (χ4v) is 3.79. The largest absolute Gasteiger partial charge is 0.379 e. The highest BCUT2D eigenvalue weighted by Crippen LogP contribution is 2.35. The monoisotopic (exact) mass is 445 g/mol. The van der Waals surface area contributed by atoms with E-state index in [1.165, 1.54) is 0 Å². The van der Waals surface area contributed by atoms with Crippen LogP contribution in [0.3, 0.4) is 0 Å². The third-order valence-corrected chi connectivity index (χ3v) is 5.64. The summed E-state index contributed by atoms with van der Waals surface area (Å²) in [5, 5.41) is 3.44. The summed E-state index contributed by atoms with van der Waals surface area (Å²) in [5.41, 5.74) is 8.16. The molecule has 0 aliphatic heterocycles. The average molecular weight is 446 g/mol. The number of benzene rings is 3. The van der Waals surface area contributed by atoms with Gasteiger partial charge >= 0.3 is 0 Å². The topological polar surface area (TPSA) is 54.4 Å². The molecule has 168 valence electrons. The van der Waals surface area contributed by atoms with Crippen LogP contribution >= 0.6 is 0 Å². The summed E-state index contributed by atoms with van der Waals surface area (Å²) in [7, 11) is 0. The molecule has 1 N–H and O–H groups in total. The number of nitrogens with one attached hydrogen (secondary N) is 1. The summed E-state index contributed by atoms with van der Waals surface area (Å²) in [6.07, 6.45) is 1.79. The van der Waals surface area contributed by atoms with Crippen LogP contribution in [-0.2, 0) is 6.54 Å². The van der Waals surface area contributed by atoms with Crippen LogP contribution in [0.15, 0.2) is 109 Å². The molecule has 0 radical (unpaired) electrons. The maximum Gasteiger partial charge on any atom is 0.159 e. The normalized spacial score (nSPS) is 11.2. The Hall–Kier alpha value is -4.31. The summed E-state index contributed by atoms with van der Waals surface area (Å²) in [6.45, 7) is 8.47. The molecule has 0 bridgehead atoms. The second-order valence-corrected chi connectivity index (χ2v) is 8.05. The van der Waals surface area contributed by atoms with Crippen molar-refractivity contribution in [2.24, 2.45) is 4.99 Å². The number of ketones is 1.